The smallest absolute Gasteiger partial charge is 0.351 e. The van der Waals surface area contributed by atoms with Crippen LogP contribution in [0.4, 0.5) is 23.0 Å². The summed E-state index contributed by atoms with van der Waals surface area (Å²) in [6.07, 6.45) is 7.60. The lowest BCUT2D eigenvalue weighted by molar-refractivity contribution is -0.383. The minimum absolute atomic E-state index is 0.0918. The van der Waals surface area contributed by atoms with Crippen molar-refractivity contribution in [1.29, 1.82) is 0 Å². The maximum absolute atomic E-state index is 11.8. The molecule has 8 heteroatoms. The Morgan fingerprint density at radius 2 is 1.79 bits per heavy atom. The van der Waals surface area contributed by atoms with E-state index in [4.69, 9.17) is 0 Å². The minimum atomic E-state index is -0.408. The van der Waals surface area contributed by atoms with Crippen molar-refractivity contribution in [2.24, 2.45) is 5.92 Å². The van der Waals surface area contributed by atoms with Gasteiger partial charge in [0.05, 0.1) is 4.92 Å². The summed E-state index contributed by atoms with van der Waals surface area (Å²) >= 11 is 0. The Morgan fingerprint density at radius 3 is 2.48 bits per heavy atom. The Bertz CT molecular complexity index is 959. The van der Waals surface area contributed by atoms with Gasteiger partial charge in [-0.15, -0.1) is 0 Å². The molecule has 4 rings (SSSR count). The zero-order chi connectivity index (χ0) is 20.1. The van der Waals surface area contributed by atoms with Crippen molar-refractivity contribution in [1.82, 2.24) is 15.0 Å². The maximum Gasteiger partial charge on any atom is 0.353 e. The van der Waals surface area contributed by atoms with Crippen LogP contribution < -0.4 is 10.2 Å². The van der Waals surface area contributed by atoms with Crippen molar-refractivity contribution in [3.63, 3.8) is 0 Å². The first kappa shape index (κ1) is 18.8. The summed E-state index contributed by atoms with van der Waals surface area (Å²) in [5.41, 5.74) is 1.93. The highest BCUT2D eigenvalue weighted by molar-refractivity contribution is 5.74. The van der Waals surface area contributed by atoms with Crippen molar-refractivity contribution in [2.45, 2.75) is 19.3 Å². The zero-order valence-electron chi connectivity index (χ0n) is 15.9. The number of hydrogen-bond acceptors (Lipinski definition) is 7. The van der Waals surface area contributed by atoms with Crippen LogP contribution in [0.15, 0.2) is 61.2 Å². The first-order valence-corrected chi connectivity index (χ1v) is 9.66. The van der Waals surface area contributed by atoms with E-state index in [1.807, 2.05) is 11.0 Å². The average Bonchev–Trinajstić information content (AvgIpc) is 2.75. The molecule has 3 aromatic rings. The van der Waals surface area contributed by atoms with Crippen LogP contribution in [0.3, 0.4) is 0 Å². The van der Waals surface area contributed by atoms with E-state index >= 15 is 0 Å². The number of benzene rings is 1. The summed E-state index contributed by atoms with van der Waals surface area (Å²) in [4.78, 5) is 25.7. The highest BCUT2D eigenvalue weighted by Crippen LogP contribution is 2.35. The van der Waals surface area contributed by atoms with E-state index in [9.17, 15) is 10.1 Å². The molecule has 29 heavy (non-hydrogen) atoms. The number of anilines is 3. The van der Waals surface area contributed by atoms with Gasteiger partial charge in [0.1, 0.15) is 6.33 Å². The van der Waals surface area contributed by atoms with Crippen molar-refractivity contribution in [3.05, 3.63) is 76.9 Å². The van der Waals surface area contributed by atoms with Gasteiger partial charge in [-0.05, 0) is 42.9 Å². The number of pyridine rings is 1. The molecular formula is C21H22N6O2. The van der Waals surface area contributed by atoms with Crippen LogP contribution in [0.2, 0.25) is 0 Å². The van der Waals surface area contributed by atoms with Crippen molar-refractivity contribution in [2.75, 3.05) is 23.3 Å². The van der Waals surface area contributed by atoms with Gasteiger partial charge in [0.15, 0.2) is 0 Å². The van der Waals surface area contributed by atoms with Gasteiger partial charge in [0.2, 0.25) is 11.6 Å². The number of nitro groups is 1. The minimum Gasteiger partial charge on any atom is -0.351 e. The molecule has 0 saturated carbocycles. The molecule has 0 radical (unpaired) electrons. The largest absolute Gasteiger partial charge is 0.353 e. The SMILES string of the molecule is O=[N+]([O-])c1c(Nc2ccncc2)ncnc1N1CCC(Cc2ccccc2)CC1. The fourth-order valence-corrected chi connectivity index (χ4v) is 3.73. The third-order valence-electron chi connectivity index (χ3n) is 5.21. The van der Waals surface area contributed by atoms with Crippen molar-refractivity contribution >= 4 is 23.0 Å². The molecule has 1 saturated heterocycles. The molecule has 148 valence electrons. The van der Waals surface area contributed by atoms with Crippen molar-refractivity contribution < 1.29 is 4.92 Å². The molecule has 0 amide bonds. The van der Waals surface area contributed by atoms with E-state index < -0.39 is 4.92 Å². The predicted octanol–water partition coefficient (Wildman–Crippen LogP) is 3.98. The molecule has 0 atom stereocenters. The summed E-state index contributed by atoms with van der Waals surface area (Å²) in [7, 11) is 0. The molecule has 1 aliphatic rings. The van der Waals surface area contributed by atoms with Crippen LogP contribution in [0.25, 0.3) is 0 Å². The van der Waals surface area contributed by atoms with E-state index in [-0.39, 0.29) is 11.5 Å². The van der Waals surface area contributed by atoms with Gasteiger partial charge in [0, 0.05) is 31.2 Å². The van der Waals surface area contributed by atoms with E-state index in [0.717, 1.165) is 32.4 Å². The molecule has 0 unspecified atom stereocenters. The van der Waals surface area contributed by atoms with Gasteiger partial charge in [-0.2, -0.15) is 0 Å². The molecule has 0 aliphatic carbocycles. The maximum atomic E-state index is 11.8. The number of rotatable bonds is 6. The van der Waals surface area contributed by atoms with E-state index in [2.05, 4.69) is 44.5 Å². The molecule has 1 aromatic carbocycles. The van der Waals surface area contributed by atoms with E-state index in [1.54, 1.807) is 24.5 Å². The molecule has 1 aliphatic heterocycles. The number of aromatic nitrogens is 3. The Labute approximate surface area is 168 Å². The van der Waals surface area contributed by atoms with Crippen LogP contribution in [0.5, 0.6) is 0 Å². The van der Waals surface area contributed by atoms with Crippen LogP contribution in [0.1, 0.15) is 18.4 Å². The Hall–Kier alpha value is -3.55. The van der Waals surface area contributed by atoms with Crippen LogP contribution >= 0.6 is 0 Å². The van der Waals surface area contributed by atoms with E-state index in [1.165, 1.54) is 11.9 Å². The monoisotopic (exact) mass is 390 g/mol. The van der Waals surface area contributed by atoms with Crippen molar-refractivity contribution in [3.8, 4) is 0 Å². The number of piperidine rings is 1. The fourth-order valence-electron chi connectivity index (χ4n) is 3.73. The molecule has 1 fully saturated rings. The summed E-state index contributed by atoms with van der Waals surface area (Å²) in [6.45, 7) is 1.48. The first-order valence-electron chi connectivity index (χ1n) is 9.66. The molecule has 8 nitrogen and oxygen atoms in total. The van der Waals surface area contributed by atoms with Crippen LogP contribution in [-0.2, 0) is 6.42 Å². The molecule has 1 N–H and O–H groups in total. The van der Waals surface area contributed by atoms with Gasteiger partial charge in [-0.1, -0.05) is 30.3 Å². The van der Waals surface area contributed by atoms with Gasteiger partial charge in [-0.25, -0.2) is 9.97 Å². The molecule has 0 bridgehead atoms. The summed E-state index contributed by atoms with van der Waals surface area (Å²) in [5, 5.41) is 14.8. The molecule has 2 aromatic heterocycles. The lowest BCUT2D eigenvalue weighted by Crippen LogP contribution is -2.35. The Balaban J connectivity index is 1.50. The van der Waals surface area contributed by atoms with Gasteiger partial charge in [0.25, 0.3) is 0 Å². The molecular weight excluding hydrogens is 368 g/mol. The first-order chi connectivity index (χ1) is 14.2. The van der Waals surface area contributed by atoms with E-state index in [0.29, 0.717) is 17.4 Å². The van der Waals surface area contributed by atoms with Gasteiger partial charge in [-0.3, -0.25) is 15.1 Å². The summed E-state index contributed by atoms with van der Waals surface area (Å²) in [5.74, 6) is 1.14. The van der Waals surface area contributed by atoms with Crippen LogP contribution in [0, 0.1) is 16.0 Å². The lowest BCUT2D eigenvalue weighted by Gasteiger charge is -2.32. The third-order valence-corrected chi connectivity index (χ3v) is 5.21. The van der Waals surface area contributed by atoms with Gasteiger partial charge < -0.3 is 10.2 Å². The number of nitrogens with zero attached hydrogens (tertiary/aromatic N) is 5. The molecule has 3 heterocycles. The normalized spacial score (nSPS) is 14.6. The fraction of sp³-hybridized carbons (Fsp3) is 0.286. The summed E-state index contributed by atoms with van der Waals surface area (Å²) < 4.78 is 0. The second kappa shape index (κ2) is 8.64. The van der Waals surface area contributed by atoms with Gasteiger partial charge >= 0.3 is 5.69 Å². The average molecular weight is 390 g/mol. The Kier molecular flexibility index (Phi) is 5.60. The topological polar surface area (TPSA) is 97.1 Å². The predicted molar refractivity (Wildman–Crippen MR) is 111 cm³/mol. The number of nitrogens with one attached hydrogen (secondary N) is 1. The zero-order valence-corrected chi connectivity index (χ0v) is 15.9. The second-order valence-electron chi connectivity index (χ2n) is 7.13. The van der Waals surface area contributed by atoms with Crippen LogP contribution in [-0.4, -0.2) is 33.0 Å². The lowest BCUT2D eigenvalue weighted by atomic mass is 9.90. The summed E-state index contributed by atoms with van der Waals surface area (Å²) in [6, 6.07) is 13.9. The highest BCUT2D eigenvalue weighted by Gasteiger charge is 2.30. The Morgan fingerprint density at radius 1 is 1.07 bits per heavy atom. The highest BCUT2D eigenvalue weighted by atomic mass is 16.6. The second-order valence-corrected chi connectivity index (χ2v) is 7.13. The number of hydrogen-bond donors (Lipinski definition) is 1. The third kappa shape index (κ3) is 4.48. The standard InChI is InChI=1S/C21H22N6O2/c28-27(29)19-20(25-18-6-10-22-11-7-18)23-15-24-21(19)26-12-8-17(9-13-26)14-16-4-2-1-3-5-16/h1-7,10-11,15,17H,8-9,12-14H2,(H,22,23,24,25). The quantitative estimate of drug-likeness (QED) is 0.502. The molecule has 0 spiro atoms.